The third-order valence-corrected chi connectivity index (χ3v) is 6.46. The van der Waals surface area contributed by atoms with E-state index in [1.807, 2.05) is 88.9 Å². The van der Waals surface area contributed by atoms with E-state index in [1.54, 1.807) is 0 Å². The van der Waals surface area contributed by atoms with Gasteiger partial charge in [0.05, 0.1) is 33.5 Å². The Bertz CT molecular complexity index is 1270. The Morgan fingerprint density at radius 1 is 0.622 bits per heavy atom. The molecular weight excluding hydrogens is 636 g/mol. The predicted molar refractivity (Wildman–Crippen MR) is 155 cm³/mol. The molecule has 6 atom stereocenters. The molecule has 0 aliphatic carbocycles. The minimum atomic E-state index is -3.92. The Kier molecular flexibility index (Phi) is 14.0. The lowest BCUT2D eigenvalue weighted by atomic mass is 10.1. The van der Waals surface area contributed by atoms with E-state index in [4.69, 9.17) is 54.4 Å². The van der Waals surface area contributed by atoms with Gasteiger partial charge in [-0.2, -0.15) is 0 Å². The normalized spacial score (nSPS) is 28.9. The van der Waals surface area contributed by atoms with Gasteiger partial charge in [-0.1, -0.05) is 12.1 Å². The summed E-state index contributed by atoms with van der Waals surface area (Å²) in [5, 5.41) is 0. The summed E-state index contributed by atoms with van der Waals surface area (Å²) < 4.78 is 93.5. The first-order valence-electron chi connectivity index (χ1n) is 13.9. The predicted octanol–water partition coefficient (Wildman–Crippen LogP) is -0.716. The molecule has 6 heterocycles. The second-order valence-corrected chi connectivity index (χ2v) is 14.4. The quantitative estimate of drug-likeness (QED) is 0.290. The summed E-state index contributed by atoms with van der Waals surface area (Å²) in [6.07, 6.45) is 9.79. The number of aromatic nitrogens is 2. The van der Waals surface area contributed by atoms with Crippen molar-refractivity contribution < 1.29 is 69.0 Å². The third-order valence-electron chi connectivity index (χ3n) is 6.46. The largest absolute Gasteiger partial charge is 0.748 e. The zero-order chi connectivity index (χ0) is 32.8. The molecule has 256 valence electrons. The smallest absolute Gasteiger partial charge is 0.177 e. The van der Waals surface area contributed by atoms with Crippen LogP contribution in [0.15, 0.2) is 61.2 Å². The van der Waals surface area contributed by atoms with Gasteiger partial charge in [-0.25, -0.2) is 26.0 Å². The molecule has 0 saturated carbocycles. The number of fused-ring (bicyclic) bond motifs is 2. The second kappa shape index (κ2) is 16.1. The lowest BCUT2D eigenvalue weighted by Gasteiger charge is -2.20. The molecule has 6 rings (SSSR count). The number of hydrogen-bond donors (Lipinski definition) is 0. The van der Waals surface area contributed by atoms with E-state index in [0.29, 0.717) is 25.7 Å². The van der Waals surface area contributed by atoms with Crippen LogP contribution in [-0.4, -0.2) is 105 Å². The molecule has 4 fully saturated rings. The van der Waals surface area contributed by atoms with Crippen molar-refractivity contribution in [2.45, 2.75) is 89.0 Å². The van der Waals surface area contributed by atoms with E-state index in [1.165, 1.54) is 0 Å². The summed E-state index contributed by atoms with van der Waals surface area (Å²) in [6.45, 7) is 10.7. The molecule has 15 nitrogen and oxygen atoms in total. The van der Waals surface area contributed by atoms with Crippen LogP contribution in [0.2, 0.25) is 0 Å². The standard InChI is InChI=1S/2C13H18NO3.2CH4O3S.H2O/c2*1-13(2)16-11-9-15-10(12(11)17-13)8-14-6-4-3-5-7-14;2*1-5(2,3)4;/h2*3-7,10-12H,8-9H2,1-2H3;2*1H3,(H,2,3,4);1H2/q2*+1;;;/p-2/t2*10-,11+,12-;;;/m11.../s1. The van der Waals surface area contributed by atoms with E-state index >= 15 is 0 Å². The minimum Gasteiger partial charge on any atom is -0.748 e. The van der Waals surface area contributed by atoms with Crippen molar-refractivity contribution in [3.63, 3.8) is 0 Å². The average molecular weight is 681 g/mol. The highest BCUT2D eigenvalue weighted by molar-refractivity contribution is 7.85. The van der Waals surface area contributed by atoms with Gasteiger partial charge in [-0.15, -0.1) is 0 Å². The van der Waals surface area contributed by atoms with Crippen LogP contribution >= 0.6 is 0 Å². The molecule has 17 heteroatoms. The Balaban J connectivity index is 0.000000239. The maximum atomic E-state index is 9.08. The first kappa shape index (κ1) is 39.0. The monoisotopic (exact) mass is 680 g/mol. The molecule has 4 saturated heterocycles. The van der Waals surface area contributed by atoms with Gasteiger partial charge in [-0.3, -0.25) is 0 Å². The Hall–Kier alpha value is -2.16. The zero-order valence-corrected chi connectivity index (χ0v) is 27.8. The highest BCUT2D eigenvalue weighted by atomic mass is 32.2. The maximum Gasteiger partial charge on any atom is 0.177 e. The summed E-state index contributed by atoms with van der Waals surface area (Å²) in [5.41, 5.74) is 0. The highest BCUT2D eigenvalue weighted by Gasteiger charge is 2.52. The Morgan fingerprint density at radius 3 is 1.20 bits per heavy atom. The summed E-state index contributed by atoms with van der Waals surface area (Å²) in [7, 11) is -7.83. The Labute approximate surface area is 264 Å². The fourth-order valence-electron chi connectivity index (χ4n) is 5.08. The lowest BCUT2D eigenvalue weighted by Crippen LogP contribution is -2.44. The molecule has 0 aromatic carbocycles. The lowest BCUT2D eigenvalue weighted by molar-refractivity contribution is -0.704. The van der Waals surface area contributed by atoms with Crippen LogP contribution in [0, 0.1) is 0 Å². The summed E-state index contributed by atoms with van der Waals surface area (Å²) in [6, 6.07) is 12.1. The Morgan fingerprint density at radius 2 is 0.911 bits per heavy atom. The molecule has 0 radical (unpaired) electrons. The van der Waals surface area contributed by atoms with Crippen LogP contribution in [0.25, 0.3) is 0 Å². The fraction of sp³-hybridized carbons (Fsp3) is 0.643. The number of rotatable bonds is 4. The summed E-state index contributed by atoms with van der Waals surface area (Å²) in [5.74, 6) is -0.947. The van der Waals surface area contributed by atoms with Gasteiger partial charge >= 0.3 is 0 Å². The molecule has 4 aliphatic heterocycles. The van der Waals surface area contributed by atoms with Gasteiger partial charge in [0.25, 0.3) is 0 Å². The van der Waals surface area contributed by atoms with Crippen molar-refractivity contribution in [3.8, 4) is 0 Å². The molecular formula is C28H44N2O13S2. The number of pyridine rings is 2. The van der Waals surface area contributed by atoms with E-state index in [9.17, 15) is 0 Å². The van der Waals surface area contributed by atoms with Crippen LogP contribution in [-0.2, 0) is 61.7 Å². The van der Waals surface area contributed by atoms with Crippen molar-refractivity contribution in [2.75, 3.05) is 25.7 Å². The van der Waals surface area contributed by atoms with Crippen LogP contribution in [0.5, 0.6) is 0 Å². The molecule has 0 spiro atoms. The van der Waals surface area contributed by atoms with Crippen molar-refractivity contribution in [1.82, 2.24) is 0 Å². The first-order valence-corrected chi connectivity index (χ1v) is 17.6. The molecule has 0 unspecified atom stereocenters. The number of ether oxygens (including phenoxy) is 6. The van der Waals surface area contributed by atoms with Gasteiger partial charge in [0.2, 0.25) is 0 Å². The molecule has 0 amide bonds. The molecule has 2 N–H and O–H groups in total. The first-order chi connectivity index (χ1) is 20.3. The SMILES string of the molecule is CC1(C)O[C@H]2[C@H](CO[C@@H]2C[n+]2ccccc2)O1.CC1(C)O[C@H]2[C@H](CO[C@@H]2C[n+]2ccccc2)O1.CS(=O)(=O)[O-].CS(=O)(=O)[O-].O. The summed E-state index contributed by atoms with van der Waals surface area (Å²) in [4.78, 5) is 0. The van der Waals surface area contributed by atoms with Gasteiger partial charge in [0, 0.05) is 36.8 Å². The number of hydrogen-bond acceptors (Lipinski definition) is 12. The second-order valence-electron chi connectivity index (χ2n) is 11.6. The van der Waals surface area contributed by atoms with E-state index < -0.39 is 31.8 Å². The van der Waals surface area contributed by atoms with Gasteiger partial charge in [0.1, 0.15) is 36.6 Å². The molecule has 45 heavy (non-hydrogen) atoms. The van der Waals surface area contributed by atoms with Crippen molar-refractivity contribution in [2.24, 2.45) is 0 Å². The maximum absolute atomic E-state index is 9.08. The van der Waals surface area contributed by atoms with Crippen molar-refractivity contribution >= 4 is 20.2 Å². The van der Waals surface area contributed by atoms with E-state index in [2.05, 4.69) is 9.13 Å². The number of nitrogens with zero attached hydrogens (tertiary/aromatic N) is 2. The average Bonchev–Trinajstić information content (AvgIpc) is 3.59. The fourth-order valence-corrected chi connectivity index (χ4v) is 5.08. The topological polar surface area (TPSA) is 209 Å². The van der Waals surface area contributed by atoms with Crippen LogP contribution in [0.4, 0.5) is 0 Å². The molecule has 2 aromatic rings. The van der Waals surface area contributed by atoms with Gasteiger partial charge < -0.3 is 43.0 Å². The molecule has 0 bridgehead atoms. The van der Waals surface area contributed by atoms with Crippen LogP contribution in [0.3, 0.4) is 0 Å². The van der Waals surface area contributed by atoms with Gasteiger partial charge in [-0.05, 0) is 27.7 Å². The third kappa shape index (κ3) is 14.4. The molecule has 2 aromatic heterocycles. The van der Waals surface area contributed by atoms with E-state index in [0.717, 1.165) is 13.1 Å². The van der Waals surface area contributed by atoms with Crippen LogP contribution < -0.4 is 9.13 Å². The van der Waals surface area contributed by atoms with Crippen LogP contribution in [0.1, 0.15) is 27.7 Å². The van der Waals surface area contributed by atoms with E-state index in [-0.39, 0.29) is 42.1 Å². The van der Waals surface area contributed by atoms with Crippen molar-refractivity contribution in [3.05, 3.63) is 61.2 Å². The molecule has 4 aliphatic rings. The zero-order valence-electron chi connectivity index (χ0n) is 26.2. The van der Waals surface area contributed by atoms with Gasteiger partial charge in [0.15, 0.2) is 49.5 Å². The summed E-state index contributed by atoms with van der Waals surface area (Å²) >= 11 is 0. The minimum absolute atomic E-state index is 0. The highest BCUT2D eigenvalue weighted by Crippen LogP contribution is 2.36. The van der Waals surface area contributed by atoms with Crippen molar-refractivity contribution in [1.29, 1.82) is 0 Å².